The molecule has 1 heterocycles. The summed E-state index contributed by atoms with van der Waals surface area (Å²) in [5.74, 6) is 0.0232. The number of aromatic amines is 1. The van der Waals surface area contributed by atoms with E-state index >= 15 is 0 Å². The minimum Gasteiger partial charge on any atom is -0.465 e. The number of nitrogens with one attached hydrogen (secondary N) is 2. The second kappa shape index (κ2) is 5.33. The van der Waals surface area contributed by atoms with Crippen LogP contribution >= 0.6 is 0 Å². The molecule has 8 heteroatoms. The van der Waals surface area contributed by atoms with Gasteiger partial charge in [0.05, 0.1) is 18.9 Å². The lowest BCUT2D eigenvalue weighted by Crippen LogP contribution is -2.13. The van der Waals surface area contributed by atoms with E-state index in [4.69, 9.17) is 0 Å². The number of benzene rings is 1. The van der Waals surface area contributed by atoms with Gasteiger partial charge in [-0.05, 0) is 31.2 Å². The molecule has 0 aliphatic carbocycles. The van der Waals surface area contributed by atoms with Crippen molar-refractivity contribution in [1.82, 2.24) is 9.97 Å². The smallest absolute Gasteiger partial charge is 0.337 e. The number of hydrogen-bond acceptors (Lipinski definition) is 5. The number of aryl methyl sites for hydroxylation is 1. The number of rotatable bonds is 4. The number of hydrogen-bond donors (Lipinski definition) is 2. The normalized spacial score (nSPS) is 11.1. The Balaban J connectivity index is 2.20. The van der Waals surface area contributed by atoms with Crippen molar-refractivity contribution in [2.75, 3.05) is 11.8 Å². The van der Waals surface area contributed by atoms with Gasteiger partial charge in [-0.1, -0.05) is 0 Å². The average molecular weight is 295 g/mol. The van der Waals surface area contributed by atoms with Crippen LogP contribution in [0, 0.1) is 6.92 Å². The lowest BCUT2D eigenvalue weighted by molar-refractivity contribution is 0.0601. The van der Waals surface area contributed by atoms with E-state index in [1.807, 2.05) is 0 Å². The number of carbonyl (C=O) groups is 1. The summed E-state index contributed by atoms with van der Waals surface area (Å²) < 4.78 is 31.0. The Morgan fingerprint density at radius 1 is 1.30 bits per heavy atom. The molecule has 1 aromatic carbocycles. The first-order valence-corrected chi connectivity index (χ1v) is 7.13. The second-order valence-electron chi connectivity index (χ2n) is 4.01. The minimum atomic E-state index is -3.72. The maximum absolute atomic E-state index is 12.0. The highest BCUT2D eigenvalue weighted by Crippen LogP contribution is 2.15. The number of anilines is 1. The zero-order chi connectivity index (χ0) is 14.8. The van der Waals surface area contributed by atoms with Crippen LogP contribution in [0.1, 0.15) is 16.2 Å². The van der Waals surface area contributed by atoms with Crippen LogP contribution in [0.2, 0.25) is 0 Å². The minimum absolute atomic E-state index is 0.0213. The number of sulfonamides is 1. The molecule has 20 heavy (non-hydrogen) atoms. The number of carbonyl (C=O) groups excluding carboxylic acids is 1. The number of H-pyrrole nitrogens is 1. The van der Waals surface area contributed by atoms with Crippen molar-refractivity contribution < 1.29 is 17.9 Å². The number of aromatic nitrogens is 2. The lowest BCUT2D eigenvalue weighted by Gasteiger charge is -2.06. The van der Waals surface area contributed by atoms with E-state index in [0.29, 0.717) is 17.1 Å². The maximum atomic E-state index is 12.0. The standard InChI is InChI=1S/C12H13N3O4S/c1-8-13-7-11(14-8)20(17,18)15-10-5-3-9(4-6-10)12(16)19-2/h3-7,15H,1-2H3,(H,13,14). The number of imidazole rings is 1. The Labute approximate surface area is 116 Å². The third kappa shape index (κ3) is 2.97. The van der Waals surface area contributed by atoms with Crippen molar-refractivity contribution >= 4 is 21.7 Å². The van der Waals surface area contributed by atoms with Crippen LogP contribution in [-0.2, 0) is 14.8 Å². The van der Waals surface area contributed by atoms with Gasteiger partial charge in [0.1, 0.15) is 5.82 Å². The third-order valence-corrected chi connectivity index (χ3v) is 3.82. The predicted molar refractivity (Wildman–Crippen MR) is 71.9 cm³/mol. The van der Waals surface area contributed by atoms with Crippen LogP contribution in [0.15, 0.2) is 35.5 Å². The fourth-order valence-electron chi connectivity index (χ4n) is 1.54. The van der Waals surface area contributed by atoms with E-state index in [1.165, 1.54) is 37.6 Å². The van der Waals surface area contributed by atoms with Crippen molar-refractivity contribution in [2.24, 2.45) is 0 Å². The van der Waals surface area contributed by atoms with E-state index in [-0.39, 0.29) is 5.03 Å². The summed E-state index contributed by atoms with van der Waals surface area (Å²) in [5.41, 5.74) is 0.678. The Kier molecular flexibility index (Phi) is 3.75. The summed E-state index contributed by atoms with van der Waals surface area (Å²) >= 11 is 0. The number of nitrogens with zero attached hydrogens (tertiary/aromatic N) is 1. The van der Waals surface area contributed by atoms with Crippen LogP contribution < -0.4 is 4.72 Å². The largest absolute Gasteiger partial charge is 0.465 e. The highest BCUT2D eigenvalue weighted by atomic mass is 32.2. The van der Waals surface area contributed by atoms with Gasteiger partial charge in [-0.3, -0.25) is 4.72 Å². The predicted octanol–water partition coefficient (Wildman–Crippen LogP) is 1.31. The first-order valence-electron chi connectivity index (χ1n) is 5.65. The molecule has 1 aromatic heterocycles. The molecule has 0 radical (unpaired) electrons. The lowest BCUT2D eigenvalue weighted by atomic mass is 10.2. The summed E-state index contributed by atoms with van der Waals surface area (Å²) in [4.78, 5) is 17.7. The summed E-state index contributed by atoms with van der Waals surface area (Å²) in [6, 6.07) is 5.91. The first-order chi connectivity index (χ1) is 9.42. The van der Waals surface area contributed by atoms with Crippen LogP contribution in [0.5, 0.6) is 0 Å². The molecule has 2 rings (SSSR count). The molecule has 0 atom stereocenters. The van der Waals surface area contributed by atoms with Crippen LogP contribution in [-0.4, -0.2) is 31.5 Å². The Hall–Kier alpha value is -2.35. The summed E-state index contributed by atoms with van der Waals surface area (Å²) in [7, 11) is -2.44. The van der Waals surface area contributed by atoms with Crippen LogP contribution in [0.25, 0.3) is 0 Å². The highest BCUT2D eigenvalue weighted by Gasteiger charge is 2.16. The monoisotopic (exact) mass is 295 g/mol. The fraction of sp³-hybridized carbons (Fsp3) is 0.167. The molecule has 0 amide bonds. The SMILES string of the molecule is COC(=O)c1ccc(NS(=O)(=O)c2cnc(C)[nH]2)cc1. The van der Waals surface area contributed by atoms with Gasteiger partial charge in [-0.15, -0.1) is 0 Å². The fourth-order valence-corrected chi connectivity index (χ4v) is 2.57. The van der Waals surface area contributed by atoms with Crippen molar-refractivity contribution in [1.29, 1.82) is 0 Å². The molecule has 0 fully saturated rings. The van der Waals surface area contributed by atoms with Gasteiger partial charge in [-0.2, -0.15) is 8.42 Å². The molecule has 0 saturated heterocycles. The molecule has 0 saturated carbocycles. The molecule has 106 valence electrons. The van der Waals surface area contributed by atoms with Crippen molar-refractivity contribution in [3.05, 3.63) is 41.9 Å². The quantitative estimate of drug-likeness (QED) is 0.828. The van der Waals surface area contributed by atoms with Gasteiger partial charge in [0.15, 0.2) is 5.03 Å². The van der Waals surface area contributed by atoms with Crippen molar-refractivity contribution in [2.45, 2.75) is 11.9 Å². The summed E-state index contributed by atoms with van der Waals surface area (Å²) in [6.07, 6.45) is 1.24. The van der Waals surface area contributed by atoms with Gasteiger partial charge in [0, 0.05) is 5.69 Å². The maximum Gasteiger partial charge on any atom is 0.337 e. The molecule has 0 spiro atoms. The second-order valence-corrected chi connectivity index (χ2v) is 5.66. The zero-order valence-corrected chi connectivity index (χ0v) is 11.7. The van der Waals surface area contributed by atoms with Crippen LogP contribution in [0.3, 0.4) is 0 Å². The van der Waals surface area contributed by atoms with Gasteiger partial charge in [0.2, 0.25) is 0 Å². The number of methoxy groups -OCH3 is 1. The molecule has 0 unspecified atom stereocenters. The van der Waals surface area contributed by atoms with Gasteiger partial charge >= 0.3 is 5.97 Å². The molecule has 2 aromatic rings. The molecular formula is C12H13N3O4S. The molecule has 0 bridgehead atoms. The van der Waals surface area contributed by atoms with E-state index < -0.39 is 16.0 Å². The molecule has 0 aliphatic heterocycles. The Morgan fingerprint density at radius 2 is 1.95 bits per heavy atom. The van der Waals surface area contributed by atoms with Crippen molar-refractivity contribution in [3.63, 3.8) is 0 Å². The van der Waals surface area contributed by atoms with Crippen molar-refractivity contribution in [3.8, 4) is 0 Å². The van der Waals surface area contributed by atoms with E-state index in [9.17, 15) is 13.2 Å². The Morgan fingerprint density at radius 3 is 2.45 bits per heavy atom. The summed E-state index contributed by atoms with van der Waals surface area (Å²) in [5, 5.41) is -0.0213. The molecule has 2 N–H and O–H groups in total. The van der Waals surface area contributed by atoms with E-state index in [1.54, 1.807) is 6.92 Å². The average Bonchev–Trinajstić information content (AvgIpc) is 2.86. The zero-order valence-electron chi connectivity index (χ0n) is 10.9. The van der Waals surface area contributed by atoms with Gasteiger partial charge < -0.3 is 9.72 Å². The topological polar surface area (TPSA) is 101 Å². The van der Waals surface area contributed by atoms with Gasteiger partial charge in [-0.25, -0.2) is 9.78 Å². The van der Waals surface area contributed by atoms with E-state index in [0.717, 1.165) is 0 Å². The van der Waals surface area contributed by atoms with Gasteiger partial charge in [0.25, 0.3) is 10.0 Å². The van der Waals surface area contributed by atoms with Crippen LogP contribution in [0.4, 0.5) is 5.69 Å². The molecular weight excluding hydrogens is 282 g/mol. The third-order valence-electron chi connectivity index (χ3n) is 2.53. The number of ether oxygens (including phenoxy) is 1. The molecule has 0 aliphatic rings. The summed E-state index contributed by atoms with van der Waals surface area (Å²) in [6.45, 7) is 1.66. The highest BCUT2D eigenvalue weighted by molar-refractivity contribution is 7.92. The number of esters is 1. The Bertz CT molecular complexity index is 719. The molecule has 7 nitrogen and oxygen atoms in total. The van der Waals surface area contributed by atoms with E-state index in [2.05, 4.69) is 19.4 Å². The first kappa shape index (κ1) is 14.1.